The number of nitrogens with one attached hydrogen (secondary N) is 1. The van der Waals surface area contributed by atoms with E-state index in [2.05, 4.69) is 5.32 Å². The first-order valence-corrected chi connectivity index (χ1v) is 8.20. The molecular weight excluding hydrogens is 343 g/mol. The standard InChI is InChI=1S/C20H20F3NO2/c1-13-3-4-14(2)17(11-13)18(25)9-10-19(26)24-12-15-5-7-16(8-6-15)20(21,22)23/h3-8,11H,9-10,12H2,1-2H3,(H,24,26). The molecular formula is C20H20F3NO2. The van der Waals surface area contributed by atoms with Crippen LogP contribution < -0.4 is 5.32 Å². The summed E-state index contributed by atoms with van der Waals surface area (Å²) in [4.78, 5) is 24.1. The minimum Gasteiger partial charge on any atom is -0.352 e. The van der Waals surface area contributed by atoms with Gasteiger partial charge in [-0.15, -0.1) is 0 Å². The van der Waals surface area contributed by atoms with Gasteiger partial charge in [0.2, 0.25) is 5.91 Å². The summed E-state index contributed by atoms with van der Waals surface area (Å²) in [5.74, 6) is -0.417. The van der Waals surface area contributed by atoms with Crippen LogP contribution in [0.4, 0.5) is 13.2 Å². The second-order valence-electron chi connectivity index (χ2n) is 6.21. The predicted octanol–water partition coefficient (Wildman–Crippen LogP) is 4.60. The highest BCUT2D eigenvalue weighted by Gasteiger charge is 2.29. The number of benzene rings is 2. The van der Waals surface area contributed by atoms with Crippen LogP contribution in [0.2, 0.25) is 0 Å². The van der Waals surface area contributed by atoms with E-state index < -0.39 is 11.7 Å². The van der Waals surface area contributed by atoms with Crippen molar-refractivity contribution in [2.45, 2.75) is 39.4 Å². The van der Waals surface area contributed by atoms with Crippen LogP contribution in [-0.2, 0) is 17.5 Å². The minimum atomic E-state index is -4.38. The highest BCUT2D eigenvalue weighted by atomic mass is 19.4. The van der Waals surface area contributed by atoms with Crippen LogP contribution in [0, 0.1) is 13.8 Å². The Balaban J connectivity index is 1.83. The molecule has 0 unspecified atom stereocenters. The molecule has 2 rings (SSSR count). The summed E-state index contributed by atoms with van der Waals surface area (Å²) in [6.45, 7) is 3.86. The van der Waals surface area contributed by atoms with Crippen molar-refractivity contribution in [1.82, 2.24) is 5.32 Å². The average molecular weight is 363 g/mol. The van der Waals surface area contributed by atoms with Gasteiger partial charge >= 0.3 is 6.18 Å². The third kappa shape index (κ3) is 5.44. The van der Waals surface area contributed by atoms with Gasteiger partial charge in [-0.1, -0.05) is 29.8 Å². The van der Waals surface area contributed by atoms with Gasteiger partial charge in [-0.25, -0.2) is 0 Å². The summed E-state index contributed by atoms with van der Waals surface area (Å²) < 4.78 is 37.5. The van der Waals surface area contributed by atoms with Crippen molar-refractivity contribution in [2.24, 2.45) is 0 Å². The van der Waals surface area contributed by atoms with Crippen molar-refractivity contribution in [3.05, 3.63) is 70.3 Å². The SMILES string of the molecule is Cc1ccc(C)c(C(=O)CCC(=O)NCc2ccc(C(F)(F)F)cc2)c1. The van der Waals surface area contributed by atoms with E-state index in [9.17, 15) is 22.8 Å². The van der Waals surface area contributed by atoms with Crippen LogP contribution in [-0.4, -0.2) is 11.7 Å². The molecule has 138 valence electrons. The number of carbonyl (C=O) groups is 2. The highest BCUT2D eigenvalue weighted by molar-refractivity contribution is 5.99. The first-order valence-electron chi connectivity index (χ1n) is 8.20. The molecule has 1 amide bonds. The maximum Gasteiger partial charge on any atom is 0.416 e. The first-order chi connectivity index (χ1) is 12.2. The molecule has 0 aliphatic heterocycles. The molecule has 2 aromatic rings. The third-order valence-corrected chi connectivity index (χ3v) is 4.04. The molecule has 0 aliphatic carbocycles. The summed E-state index contributed by atoms with van der Waals surface area (Å²) in [7, 11) is 0. The van der Waals surface area contributed by atoms with E-state index in [1.807, 2.05) is 26.0 Å². The van der Waals surface area contributed by atoms with Gasteiger partial charge in [0, 0.05) is 24.9 Å². The number of halogens is 3. The second-order valence-corrected chi connectivity index (χ2v) is 6.21. The number of ketones is 1. The molecule has 2 aromatic carbocycles. The van der Waals surface area contributed by atoms with Crippen molar-refractivity contribution in [1.29, 1.82) is 0 Å². The predicted molar refractivity (Wildman–Crippen MR) is 92.8 cm³/mol. The Bertz CT molecular complexity index is 796. The second kappa shape index (κ2) is 8.17. The van der Waals surface area contributed by atoms with Crippen LogP contribution in [0.1, 0.15) is 45.5 Å². The van der Waals surface area contributed by atoms with Crippen LogP contribution in [0.25, 0.3) is 0 Å². The fourth-order valence-corrected chi connectivity index (χ4v) is 2.50. The van der Waals surface area contributed by atoms with Gasteiger partial charge in [0.15, 0.2) is 5.78 Å². The molecule has 0 aliphatic rings. The number of aryl methyl sites for hydroxylation is 2. The molecule has 0 saturated heterocycles. The van der Waals surface area contributed by atoms with Crippen LogP contribution in [0.3, 0.4) is 0 Å². The van der Waals surface area contributed by atoms with Gasteiger partial charge in [-0.3, -0.25) is 9.59 Å². The Morgan fingerprint density at radius 3 is 2.23 bits per heavy atom. The monoisotopic (exact) mass is 363 g/mol. The lowest BCUT2D eigenvalue weighted by Gasteiger charge is -2.09. The summed E-state index contributed by atoms with van der Waals surface area (Å²) in [5.41, 5.74) is 2.29. The van der Waals surface area contributed by atoms with Crippen molar-refractivity contribution < 1.29 is 22.8 Å². The Kier molecular flexibility index (Phi) is 6.18. The molecule has 1 N–H and O–H groups in total. The van der Waals surface area contributed by atoms with E-state index in [4.69, 9.17) is 0 Å². The molecule has 0 bridgehead atoms. The largest absolute Gasteiger partial charge is 0.416 e. The van der Waals surface area contributed by atoms with Crippen molar-refractivity contribution in [3.63, 3.8) is 0 Å². The van der Waals surface area contributed by atoms with Crippen molar-refractivity contribution in [2.75, 3.05) is 0 Å². The summed E-state index contributed by atoms with van der Waals surface area (Å²) in [6, 6.07) is 10.2. The molecule has 0 saturated carbocycles. The topological polar surface area (TPSA) is 46.2 Å². The fourth-order valence-electron chi connectivity index (χ4n) is 2.50. The van der Waals surface area contributed by atoms with Gasteiger partial charge in [-0.2, -0.15) is 13.2 Å². The van der Waals surface area contributed by atoms with Crippen LogP contribution in [0.15, 0.2) is 42.5 Å². The number of alkyl halides is 3. The first kappa shape index (κ1) is 19.7. The molecule has 6 heteroatoms. The Morgan fingerprint density at radius 1 is 0.962 bits per heavy atom. The zero-order valence-electron chi connectivity index (χ0n) is 14.6. The van der Waals surface area contributed by atoms with Crippen molar-refractivity contribution >= 4 is 11.7 Å². The number of Topliss-reactive ketones (excluding diaryl/α,β-unsaturated/α-hetero) is 1. The summed E-state index contributed by atoms with van der Waals surface area (Å²) in [6.07, 6.45) is -4.26. The van der Waals surface area contributed by atoms with Crippen LogP contribution in [0.5, 0.6) is 0 Å². The lowest BCUT2D eigenvalue weighted by molar-refractivity contribution is -0.137. The lowest BCUT2D eigenvalue weighted by Crippen LogP contribution is -2.23. The normalized spacial score (nSPS) is 11.3. The molecule has 0 atom stereocenters. The van der Waals surface area contributed by atoms with Gasteiger partial charge in [0.05, 0.1) is 5.56 Å². The van der Waals surface area contributed by atoms with E-state index in [0.717, 1.165) is 23.3 Å². The van der Waals surface area contributed by atoms with E-state index in [-0.39, 0.29) is 31.1 Å². The summed E-state index contributed by atoms with van der Waals surface area (Å²) >= 11 is 0. The highest BCUT2D eigenvalue weighted by Crippen LogP contribution is 2.29. The van der Waals surface area contributed by atoms with Crippen LogP contribution >= 0.6 is 0 Å². The fraction of sp³-hybridized carbons (Fsp3) is 0.300. The molecule has 26 heavy (non-hydrogen) atoms. The summed E-state index contributed by atoms with van der Waals surface area (Å²) in [5, 5.41) is 2.62. The number of hydrogen-bond acceptors (Lipinski definition) is 2. The smallest absolute Gasteiger partial charge is 0.352 e. The van der Waals surface area contributed by atoms with Gasteiger partial charge in [-0.05, 0) is 43.2 Å². The number of amides is 1. The van der Waals surface area contributed by atoms with E-state index in [1.165, 1.54) is 12.1 Å². The van der Waals surface area contributed by atoms with Crippen molar-refractivity contribution in [3.8, 4) is 0 Å². The molecule has 0 aromatic heterocycles. The zero-order valence-corrected chi connectivity index (χ0v) is 14.6. The number of hydrogen-bond donors (Lipinski definition) is 1. The van der Waals surface area contributed by atoms with E-state index in [1.54, 1.807) is 6.07 Å². The molecule has 3 nitrogen and oxygen atoms in total. The number of carbonyl (C=O) groups excluding carboxylic acids is 2. The molecule has 0 heterocycles. The Morgan fingerprint density at radius 2 is 1.62 bits per heavy atom. The average Bonchev–Trinajstić information content (AvgIpc) is 2.59. The maximum absolute atomic E-state index is 12.5. The van der Waals surface area contributed by atoms with Gasteiger partial charge in [0.25, 0.3) is 0 Å². The molecule has 0 radical (unpaired) electrons. The van der Waals surface area contributed by atoms with E-state index >= 15 is 0 Å². The lowest BCUT2D eigenvalue weighted by atomic mass is 9.99. The third-order valence-electron chi connectivity index (χ3n) is 4.04. The number of rotatable bonds is 6. The molecule has 0 fully saturated rings. The Labute approximate surface area is 150 Å². The maximum atomic E-state index is 12.5. The quantitative estimate of drug-likeness (QED) is 0.763. The van der Waals surface area contributed by atoms with Gasteiger partial charge < -0.3 is 5.32 Å². The molecule has 0 spiro atoms. The minimum absolute atomic E-state index is 0.0346. The van der Waals surface area contributed by atoms with Gasteiger partial charge in [0.1, 0.15) is 0 Å². The zero-order chi connectivity index (χ0) is 19.3. The Hall–Kier alpha value is -2.63. The van der Waals surface area contributed by atoms with E-state index in [0.29, 0.717) is 11.1 Å².